The maximum absolute atomic E-state index is 12.5. The van der Waals surface area contributed by atoms with E-state index in [0.29, 0.717) is 18.0 Å². The van der Waals surface area contributed by atoms with Crippen LogP contribution in [0.5, 0.6) is 5.75 Å². The Labute approximate surface area is 131 Å². The standard InChI is InChI=1S/C16H15BrN2O2/c1-9-6-12(17)15(13(18)7-9)19-16(20)11-8-21-14-5-3-2-4-10(11)14/h2-7,11H,8,18H2,1H3,(H,19,20). The van der Waals surface area contributed by atoms with Crippen LogP contribution in [-0.2, 0) is 4.79 Å². The van der Waals surface area contributed by atoms with Crippen LogP contribution >= 0.6 is 15.9 Å². The third kappa shape index (κ3) is 2.61. The van der Waals surface area contributed by atoms with Gasteiger partial charge in [-0.3, -0.25) is 4.79 Å². The van der Waals surface area contributed by atoms with Gasteiger partial charge in [-0.15, -0.1) is 0 Å². The van der Waals surface area contributed by atoms with Crippen LogP contribution in [0.15, 0.2) is 40.9 Å². The number of benzene rings is 2. The van der Waals surface area contributed by atoms with E-state index in [1.165, 1.54) is 0 Å². The number of hydrogen-bond donors (Lipinski definition) is 2. The number of nitrogens with two attached hydrogens (primary N) is 1. The smallest absolute Gasteiger partial charge is 0.235 e. The Morgan fingerprint density at radius 2 is 2.14 bits per heavy atom. The van der Waals surface area contributed by atoms with E-state index in [1.807, 2.05) is 43.3 Å². The maximum Gasteiger partial charge on any atom is 0.235 e. The van der Waals surface area contributed by atoms with Crippen molar-refractivity contribution in [1.29, 1.82) is 0 Å². The summed E-state index contributed by atoms with van der Waals surface area (Å²) < 4.78 is 6.32. The van der Waals surface area contributed by atoms with Gasteiger partial charge < -0.3 is 15.8 Å². The molecule has 2 aromatic carbocycles. The summed E-state index contributed by atoms with van der Waals surface area (Å²) >= 11 is 3.44. The van der Waals surface area contributed by atoms with Crippen molar-refractivity contribution in [2.75, 3.05) is 17.7 Å². The van der Waals surface area contributed by atoms with Crippen LogP contribution in [0, 0.1) is 6.92 Å². The van der Waals surface area contributed by atoms with Crippen molar-refractivity contribution in [2.45, 2.75) is 12.8 Å². The highest BCUT2D eigenvalue weighted by Gasteiger charge is 2.30. The second kappa shape index (κ2) is 5.41. The number of nitrogens with one attached hydrogen (secondary N) is 1. The zero-order valence-corrected chi connectivity index (χ0v) is 13.1. The molecule has 3 N–H and O–H groups in total. The Morgan fingerprint density at radius 3 is 2.90 bits per heavy atom. The van der Waals surface area contributed by atoms with Crippen molar-refractivity contribution < 1.29 is 9.53 Å². The molecule has 0 aliphatic carbocycles. The molecular formula is C16H15BrN2O2. The van der Waals surface area contributed by atoms with Crippen molar-refractivity contribution in [3.63, 3.8) is 0 Å². The van der Waals surface area contributed by atoms with Gasteiger partial charge in [0.1, 0.15) is 18.3 Å². The molecule has 1 aliphatic heterocycles. The van der Waals surface area contributed by atoms with Crippen LogP contribution in [0.1, 0.15) is 17.0 Å². The predicted molar refractivity (Wildman–Crippen MR) is 86.6 cm³/mol. The average Bonchev–Trinajstić information content (AvgIpc) is 2.86. The summed E-state index contributed by atoms with van der Waals surface area (Å²) in [6.45, 7) is 2.31. The molecule has 5 heteroatoms. The molecule has 1 aliphatic rings. The molecule has 3 rings (SSSR count). The number of carbonyl (C=O) groups excluding carboxylic acids is 1. The normalized spacial score (nSPS) is 16.2. The van der Waals surface area contributed by atoms with Crippen molar-refractivity contribution in [3.05, 3.63) is 52.0 Å². The van der Waals surface area contributed by atoms with Gasteiger partial charge in [0.25, 0.3) is 0 Å². The molecule has 0 bridgehead atoms. The van der Waals surface area contributed by atoms with Gasteiger partial charge in [-0.05, 0) is 46.6 Å². The van der Waals surface area contributed by atoms with Crippen molar-refractivity contribution in [3.8, 4) is 5.75 Å². The third-order valence-electron chi connectivity index (χ3n) is 3.53. The number of amides is 1. The molecule has 1 unspecified atom stereocenters. The number of hydrogen-bond acceptors (Lipinski definition) is 3. The molecule has 2 aromatic rings. The van der Waals surface area contributed by atoms with Crippen molar-refractivity contribution >= 4 is 33.2 Å². The molecule has 21 heavy (non-hydrogen) atoms. The zero-order valence-electron chi connectivity index (χ0n) is 11.5. The zero-order chi connectivity index (χ0) is 15.0. The number of fused-ring (bicyclic) bond motifs is 1. The van der Waals surface area contributed by atoms with E-state index in [9.17, 15) is 4.79 Å². The summed E-state index contributed by atoms with van der Waals surface area (Å²) in [4.78, 5) is 12.5. The number of aryl methyl sites for hydroxylation is 1. The SMILES string of the molecule is Cc1cc(N)c(NC(=O)C2COc3ccccc32)c(Br)c1. The average molecular weight is 347 g/mol. The lowest BCUT2D eigenvalue weighted by Gasteiger charge is -2.14. The lowest BCUT2D eigenvalue weighted by molar-refractivity contribution is -0.117. The minimum atomic E-state index is -0.311. The molecule has 1 amide bonds. The predicted octanol–water partition coefficient (Wildman–Crippen LogP) is 3.45. The van der Waals surface area contributed by atoms with Crippen LogP contribution in [-0.4, -0.2) is 12.5 Å². The quantitative estimate of drug-likeness (QED) is 0.818. The number of rotatable bonds is 2. The number of ether oxygens (including phenoxy) is 1. The van der Waals surface area contributed by atoms with E-state index in [0.717, 1.165) is 21.3 Å². The van der Waals surface area contributed by atoms with Gasteiger partial charge in [0, 0.05) is 10.0 Å². The molecule has 0 aromatic heterocycles. The Kier molecular flexibility index (Phi) is 3.59. The first-order valence-corrected chi connectivity index (χ1v) is 7.44. The van der Waals surface area contributed by atoms with E-state index < -0.39 is 0 Å². The fraction of sp³-hybridized carbons (Fsp3) is 0.188. The first kappa shape index (κ1) is 13.9. The summed E-state index contributed by atoms with van der Waals surface area (Å²) in [5, 5.41) is 2.90. The molecule has 108 valence electrons. The molecule has 0 spiro atoms. The van der Waals surface area contributed by atoms with Gasteiger partial charge in [0.2, 0.25) is 5.91 Å². The van der Waals surface area contributed by atoms with E-state index >= 15 is 0 Å². The summed E-state index contributed by atoms with van der Waals surface area (Å²) in [6, 6.07) is 11.3. The van der Waals surface area contributed by atoms with Crippen LogP contribution in [0.25, 0.3) is 0 Å². The van der Waals surface area contributed by atoms with Crippen LogP contribution in [0.3, 0.4) is 0 Å². The van der Waals surface area contributed by atoms with Gasteiger partial charge in [-0.2, -0.15) is 0 Å². The van der Waals surface area contributed by atoms with E-state index in [1.54, 1.807) is 0 Å². The minimum absolute atomic E-state index is 0.115. The van der Waals surface area contributed by atoms with E-state index in [-0.39, 0.29) is 11.8 Å². The lowest BCUT2D eigenvalue weighted by atomic mass is 10.0. The van der Waals surface area contributed by atoms with Gasteiger partial charge in [-0.25, -0.2) is 0 Å². The second-order valence-corrected chi connectivity index (χ2v) is 5.96. The van der Waals surface area contributed by atoms with Crippen LogP contribution in [0.4, 0.5) is 11.4 Å². The number of halogens is 1. The largest absolute Gasteiger partial charge is 0.492 e. The summed E-state index contributed by atoms with van der Waals surface area (Å²) in [6.07, 6.45) is 0. The topological polar surface area (TPSA) is 64.3 Å². The van der Waals surface area contributed by atoms with Gasteiger partial charge in [-0.1, -0.05) is 18.2 Å². The van der Waals surface area contributed by atoms with Crippen molar-refractivity contribution in [1.82, 2.24) is 0 Å². The number of carbonyl (C=O) groups is 1. The molecule has 1 atom stereocenters. The molecular weight excluding hydrogens is 332 g/mol. The number of nitrogen functional groups attached to an aromatic ring is 1. The lowest BCUT2D eigenvalue weighted by Crippen LogP contribution is -2.23. The molecule has 0 fully saturated rings. The first-order chi connectivity index (χ1) is 10.1. The summed E-state index contributed by atoms with van der Waals surface area (Å²) in [5.74, 6) is 0.346. The van der Waals surface area contributed by atoms with Crippen molar-refractivity contribution in [2.24, 2.45) is 0 Å². The molecule has 1 heterocycles. The van der Waals surface area contributed by atoms with E-state index in [2.05, 4.69) is 21.2 Å². The monoisotopic (exact) mass is 346 g/mol. The van der Waals surface area contributed by atoms with E-state index in [4.69, 9.17) is 10.5 Å². The summed E-state index contributed by atoms with van der Waals surface area (Å²) in [5.41, 5.74) is 9.09. The minimum Gasteiger partial charge on any atom is -0.492 e. The summed E-state index contributed by atoms with van der Waals surface area (Å²) in [7, 11) is 0. The highest BCUT2D eigenvalue weighted by atomic mass is 79.9. The van der Waals surface area contributed by atoms with Crippen LogP contribution < -0.4 is 15.8 Å². The molecule has 4 nitrogen and oxygen atoms in total. The first-order valence-electron chi connectivity index (χ1n) is 6.64. The Hall–Kier alpha value is -2.01. The Morgan fingerprint density at radius 1 is 1.38 bits per heavy atom. The molecule has 0 radical (unpaired) electrons. The van der Waals surface area contributed by atoms with Crippen LogP contribution in [0.2, 0.25) is 0 Å². The highest BCUT2D eigenvalue weighted by Crippen LogP contribution is 2.36. The number of anilines is 2. The Balaban J connectivity index is 1.86. The van der Waals surface area contributed by atoms with Gasteiger partial charge in [0.05, 0.1) is 11.4 Å². The maximum atomic E-state index is 12.5. The number of para-hydroxylation sites is 1. The Bertz CT molecular complexity index is 692. The second-order valence-electron chi connectivity index (χ2n) is 5.10. The fourth-order valence-electron chi connectivity index (χ4n) is 2.49. The fourth-order valence-corrected chi connectivity index (χ4v) is 3.18. The third-order valence-corrected chi connectivity index (χ3v) is 4.16. The molecule has 0 saturated heterocycles. The highest BCUT2D eigenvalue weighted by molar-refractivity contribution is 9.10. The van der Waals surface area contributed by atoms with Gasteiger partial charge >= 0.3 is 0 Å². The van der Waals surface area contributed by atoms with Gasteiger partial charge in [0.15, 0.2) is 0 Å². The molecule has 0 saturated carbocycles.